The van der Waals surface area contributed by atoms with Crippen LogP contribution < -0.4 is 5.32 Å². The van der Waals surface area contributed by atoms with Crippen LogP contribution >= 0.6 is 11.8 Å². The molecule has 0 saturated carbocycles. The lowest BCUT2D eigenvalue weighted by Crippen LogP contribution is -2.24. The van der Waals surface area contributed by atoms with Crippen LogP contribution in [0.1, 0.15) is 24.9 Å². The molecule has 1 nitrogen and oxygen atoms in total. The first-order valence-corrected chi connectivity index (χ1v) is 6.65. The Balaban J connectivity index is 2.69. The van der Waals surface area contributed by atoms with Crippen LogP contribution in [0.25, 0.3) is 0 Å². The molecule has 1 aromatic rings. The van der Waals surface area contributed by atoms with Crippen LogP contribution in [0.4, 0.5) is 4.39 Å². The number of thioether (sulfide) groups is 1. The van der Waals surface area contributed by atoms with Gasteiger partial charge >= 0.3 is 0 Å². The Morgan fingerprint density at radius 2 is 2.27 bits per heavy atom. The minimum absolute atomic E-state index is 0.156. The van der Waals surface area contributed by atoms with Crippen LogP contribution in [0.2, 0.25) is 0 Å². The van der Waals surface area contributed by atoms with Crippen molar-refractivity contribution in [3.05, 3.63) is 35.6 Å². The first-order chi connectivity index (χ1) is 7.27. The fraction of sp³-hybridized carbons (Fsp3) is 0.500. The van der Waals surface area contributed by atoms with Gasteiger partial charge in [-0.2, -0.15) is 11.8 Å². The summed E-state index contributed by atoms with van der Waals surface area (Å²) >= 11 is 1.78. The normalized spacial score (nSPS) is 12.7. The first kappa shape index (κ1) is 12.5. The van der Waals surface area contributed by atoms with Crippen molar-refractivity contribution >= 4 is 11.8 Å². The van der Waals surface area contributed by atoms with Crippen LogP contribution in [-0.2, 0) is 0 Å². The van der Waals surface area contributed by atoms with Gasteiger partial charge in [-0.25, -0.2) is 4.39 Å². The van der Waals surface area contributed by atoms with Gasteiger partial charge in [0.05, 0.1) is 0 Å². The van der Waals surface area contributed by atoms with Gasteiger partial charge in [0.1, 0.15) is 5.82 Å². The maximum atomic E-state index is 13.1. The highest BCUT2D eigenvalue weighted by atomic mass is 32.2. The summed E-state index contributed by atoms with van der Waals surface area (Å²) in [5.74, 6) is 0.820. The number of rotatable bonds is 6. The quantitative estimate of drug-likeness (QED) is 0.800. The topological polar surface area (TPSA) is 12.0 Å². The molecule has 0 heterocycles. The Morgan fingerprint density at radius 1 is 1.47 bits per heavy atom. The highest BCUT2D eigenvalue weighted by molar-refractivity contribution is 7.98. The van der Waals surface area contributed by atoms with Gasteiger partial charge in [0.2, 0.25) is 0 Å². The van der Waals surface area contributed by atoms with Crippen LogP contribution in [0, 0.1) is 5.82 Å². The Labute approximate surface area is 95.5 Å². The fourth-order valence-corrected chi connectivity index (χ4v) is 2.13. The van der Waals surface area contributed by atoms with E-state index in [0.717, 1.165) is 24.3 Å². The molecule has 3 heteroatoms. The Morgan fingerprint density at radius 3 is 2.87 bits per heavy atom. The Bertz CT molecular complexity index is 291. The Hall–Kier alpha value is -0.540. The second-order valence-corrected chi connectivity index (χ2v) is 4.43. The summed E-state index contributed by atoms with van der Waals surface area (Å²) in [6.07, 6.45) is 3.17. The highest BCUT2D eigenvalue weighted by Crippen LogP contribution is 2.17. The standard InChI is InChI=1S/C12H18FNS/c1-3-7-14-12(9-15-2)10-5-4-6-11(13)8-10/h4-6,8,12,14H,3,7,9H2,1-2H3. The summed E-state index contributed by atoms with van der Waals surface area (Å²) in [4.78, 5) is 0. The van der Waals surface area contributed by atoms with Crippen LogP contribution in [-0.4, -0.2) is 18.6 Å². The molecule has 1 aromatic carbocycles. The zero-order valence-electron chi connectivity index (χ0n) is 9.29. The zero-order valence-corrected chi connectivity index (χ0v) is 10.1. The van der Waals surface area contributed by atoms with Gasteiger partial charge in [0.15, 0.2) is 0 Å². The van der Waals surface area contributed by atoms with E-state index in [1.807, 2.05) is 6.07 Å². The van der Waals surface area contributed by atoms with Gasteiger partial charge in [-0.3, -0.25) is 0 Å². The second-order valence-electron chi connectivity index (χ2n) is 3.52. The first-order valence-electron chi connectivity index (χ1n) is 5.25. The molecule has 0 amide bonds. The molecule has 84 valence electrons. The van der Waals surface area contributed by atoms with E-state index in [1.165, 1.54) is 6.07 Å². The van der Waals surface area contributed by atoms with Crippen LogP contribution in [0.5, 0.6) is 0 Å². The molecule has 0 aromatic heterocycles. The summed E-state index contributed by atoms with van der Waals surface area (Å²) in [5.41, 5.74) is 1.04. The van der Waals surface area contributed by atoms with Crippen molar-refractivity contribution in [3.8, 4) is 0 Å². The molecule has 15 heavy (non-hydrogen) atoms. The number of hydrogen-bond acceptors (Lipinski definition) is 2. The van der Waals surface area contributed by atoms with E-state index in [1.54, 1.807) is 23.9 Å². The SMILES string of the molecule is CCCNC(CSC)c1cccc(F)c1. The van der Waals surface area contributed by atoms with E-state index in [-0.39, 0.29) is 11.9 Å². The van der Waals surface area contributed by atoms with Crippen molar-refractivity contribution in [2.45, 2.75) is 19.4 Å². The molecular formula is C12H18FNS. The minimum atomic E-state index is -0.156. The van der Waals surface area contributed by atoms with E-state index in [2.05, 4.69) is 18.5 Å². The highest BCUT2D eigenvalue weighted by Gasteiger charge is 2.09. The molecular weight excluding hydrogens is 209 g/mol. The Kier molecular flexibility index (Phi) is 5.73. The molecule has 0 spiro atoms. The summed E-state index contributed by atoms with van der Waals surface area (Å²) in [7, 11) is 0. The summed E-state index contributed by atoms with van der Waals surface area (Å²) in [6, 6.07) is 7.11. The van der Waals surface area contributed by atoms with E-state index < -0.39 is 0 Å². The van der Waals surface area contributed by atoms with Gasteiger partial charge in [-0.15, -0.1) is 0 Å². The zero-order chi connectivity index (χ0) is 11.1. The number of nitrogens with one attached hydrogen (secondary N) is 1. The van der Waals surface area contributed by atoms with Crippen LogP contribution in [0.3, 0.4) is 0 Å². The molecule has 0 aliphatic carbocycles. The molecule has 0 saturated heterocycles. The van der Waals surface area contributed by atoms with E-state index >= 15 is 0 Å². The van der Waals surface area contributed by atoms with Crippen molar-refractivity contribution in [2.24, 2.45) is 0 Å². The van der Waals surface area contributed by atoms with E-state index in [0.29, 0.717) is 0 Å². The van der Waals surface area contributed by atoms with E-state index in [9.17, 15) is 4.39 Å². The third-order valence-electron chi connectivity index (χ3n) is 2.23. The van der Waals surface area contributed by atoms with Gasteiger partial charge in [0, 0.05) is 11.8 Å². The van der Waals surface area contributed by atoms with Crippen molar-refractivity contribution in [2.75, 3.05) is 18.6 Å². The maximum absolute atomic E-state index is 13.1. The lowest BCUT2D eigenvalue weighted by atomic mass is 10.1. The molecule has 0 fully saturated rings. The molecule has 1 rings (SSSR count). The van der Waals surface area contributed by atoms with Crippen molar-refractivity contribution in [1.82, 2.24) is 5.32 Å². The molecule has 0 bridgehead atoms. The third kappa shape index (κ3) is 4.22. The molecule has 1 N–H and O–H groups in total. The smallest absolute Gasteiger partial charge is 0.123 e. The second kappa shape index (κ2) is 6.85. The van der Waals surface area contributed by atoms with E-state index in [4.69, 9.17) is 0 Å². The molecule has 1 unspecified atom stereocenters. The molecule has 0 radical (unpaired) electrons. The predicted molar refractivity (Wildman–Crippen MR) is 65.8 cm³/mol. The summed E-state index contributed by atoms with van der Waals surface area (Å²) in [5, 5.41) is 3.43. The summed E-state index contributed by atoms with van der Waals surface area (Å²) in [6.45, 7) is 3.11. The molecule has 1 atom stereocenters. The average Bonchev–Trinajstić information content (AvgIpc) is 2.24. The number of halogens is 1. The van der Waals surface area contributed by atoms with Gasteiger partial charge in [-0.1, -0.05) is 19.1 Å². The van der Waals surface area contributed by atoms with Gasteiger partial charge in [-0.05, 0) is 36.9 Å². The lowest BCUT2D eigenvalue weighted by molar-refractivity contribution is 0.568. The minimum Gasteiger partial charge on any atom is -0.309 e. The van der Waals surface area contributed by atoms with Crippen molar-refractivity contribution in [3.63, 3.8) is 0 Å². The fourth-order valence-electron chi connectivity index (χ4n) is 1.48. The maximum Gasteiger partial charge on any atom is 0.123 e. The van der Waals surface area contributed by atoms with Crippen molar-refractivity contribution < 1.29 is 4.39 Å². The number of benzene rings is 1. The molecule has 0 aliphatic rings. The largest absolute Gasteiger partial charge is 0.309 e. The molecule has 0 aliphatic heterocycles. The summed E-state index contributed by atoms with van der Waals surface area (Å²) < 4.78 is 13.1. The number of hydrogen-bond donors (Lipinski definition) is 1. The van der Waals surface area contributed by atoms with Crippen LogP contribution in [0.15, 0.2) is 24.3 Å². The van der Waals surface area contributed by atoms with Gasteiger partial charge in [0.25, 0.3) is 0 Å². The van der Waals surface area contributed by atoms with Gasteiger partial charge < -0.3 is 5.32 Å². The monoisotopic (exact) mass is 227 g/mol. The van der Waals surface area contributed by atoms with Crippen molar-refractivity contribution in [1.29, 1.82) is 0 Å². The lowest BCUT2D eigenvalue weighted by Gasteiger charge is -2.17. The third-order valence-corrected chi connectivity index (χ3v) is 2.89. The predicted octanol–water partition coefficient (Wildman–Crippen LogP) is 3.23. The average molecular weight is 227 g/mol.